The number of hydrogen-bond donors (Lipinski definition) is 0. The van der Waals surface area contributed by atoms with E-state index in [2.05, 4.69) is 115 Å². The van der Waals surface area contributed by atoms with E-state index < -0.39 is 0 Å². The molecule has 212 valence electrons. The summed E-state index contributed by atoms with van der Waals surface area (Å²) in [5.74, 6) is 2.56. The maximum atomic E-state index is 6.22. The van der Waals surface area contributed by atoms with Crippen LogP contribution in [-0.4, -0.2) is 15.0 Å². The number of benzene rings is 5. The first-order chi connectivity index (χ1) is 22.3. The van der Waals surface area contributed by atoms with Crippen molar-refractivity contribution in [2.24, 2.45) is 11.8 Å². The van der Waals surface area contributed by atoms with E-state index in [1.54, 1.807) is 0 Å². The zero-order valence-corrected chi connectivity index (χ0v) is 24.3. The molecule has 2 heterocycles. The molecule has 0 fully saturated rings. The highest BCUT2D eigenvalue weighted by molar-refractivity contribution is 6.11. The second kappa shape index (κ2) is 10.4. The lowest BCUT2D eigenvalue weighted by Crippen LogP contribution is -2.12. The van der Waals surface area contributed by atoms with Crippen molar-refractivity contribution in [2.75, 3.05) is 0 Å². The summed E-state index contributed by atoms with van der Waals surface area (Å²) in [7, 11) is 0. The Kier molecular flexibility index (Phi) is 5.91. The summed E-state index contributed by atoms with van der Waals surface area (Å²) in [6.07, 6.45) is 15.4. The molecule has 0 N–H and O–H groups in total. The molecule has 0 amide bonds. The molecule has 4 heteroatoms. The average molecular weight is 578 g/mol. The molecular formula is C41H27N3O. The highest BCUT2D eigenvalue weighted by Gasteiger charge is 2.22. The summed E-state index contributed by atoms with van der Waals surface area (Å²) in [6.45, 7) is 0. The summed E-state index contributed by atoms with van der Waals surface area (Å²) in [4.78, 5) is 15.3. The van der Waals surface area contributed by atoms with E-state index in [4.69, 9.17) is 19.4 Å². The third-order valence-electron chi connectivity index (χ3n) is 8.83. The number of nitrogens with zero attached hydrogens (tertiary/aromatic N) is 3. The molecule has 0 aliphatic heterocycles. The van der Waals surface area contributed by atoms with E-state index in [9.17, 15) is 0 Å². The van der Waals surface area contributed by atoms with Crippen LogP contribution in [0.1, 0.15) is 5.82 Å². The van der Waals surface area contributed by atoms with Crippen LogP contribution in [0.2, 0.25) is 0 Å². The van der Waals surface area contributed by atoms with Crippen LogP contribution in [0.4, 0.5) is 0 Å². The van der Waals surface area contributed by atoms with Crippen molar-refractivity contribution in [1.82, 2.24) is 15.0 Å². The number of hydrogen-bond acceptors (Lipinski definition) is 4. The number of furan rings is 1. The van der Waals surface area contributed by atoms with Crippen LogP contribution in [0, 0.1) is 11.8 Å². The molecule has 9 rings (SSSR count). The lowest BCUT2D eigenvalue weighted by atomic mass is 9.83. The monoisotopic (exact) mass is 577 g/mol. The topological polar surface area (TPSA) is 51.8 Å². The minimum Gasteiger partial charge on any atom is -0.456 e. The molecule has 0 saturated carbocycles. The summed E-state index contributed by atoms with van der Waals surface area (Å²) in [6, 6.07) is 37.7. The zero-order chi connectivity index (χ0) is 29.7. The quantitative estimate of drug-likeness (QED) is 0.209. The first-order valence-electron chi connectivity index (χ1n) is 15.3. The highest BCUT2D eigenvalue weighted by atomic mass is 16.3. The van der Waals surface area contributed by atoms with Gasteiger partial charge in [-0.1, -0.05) is 127 Å². The number of aromatic nitrogens is 3. The van der Waals surface area contributed by atoms with Gasteiger partial charge in [0.05, 0.1) is 0 Å². The van der Waals surface area contributed by atoms with Crippen molar-refractivity contribution >= 4 is 38.3 Å². The third kappa shape index (κ3) is 4.50. The number of rotatable bonds is 4. The van der Waals surface area contributed by atoms with E-state index in [-0.39, 0.29) is 5.92 Å². The molecule has 2 atom stereocenters. The van der Waals surface area contributed by atoms with Crippen molar-refractivity contribution in [3.8, 4) is 33.9 Å². The Bertz CT molecular complexity index is 2390. The molecule has 7 aromatic rings. The van der Waals surface area contributed by atoms with E-state index in [1.807, 2.05) is 36.4 Å². The fraction of sp³-hybridized carbons (Fsp3) is 0.0488. The van der Waals surface area contributed by atoms with Gasteiger partial charge in [-0.25, -0.2) is 15.0 Å². The first kappa shape index (κ1) is 25.6. The lowest BCUT2D eigenvalue weighted by molar-refractivity contribution is 0.662. The van der Waals surface area contributed by atoms with Gasteiger partial charge in [-0.05, 0) is 46.2 Å². The van der Waals surface area contributed by atoms with Gasteiger partial charge in [0.1, 0.15) is 11.2 Å². The average Bonchev–Trinajstić information content (AvgIpc) is 3.50. The molecule has 2 aromatic heterocycles. The van der Waals surface area contributed by atoms with E-state index in [0.717, 1.165) is 44.0 Å². The summed E-state index contributed by atoms with van der Waals surface area (Å²) >= 11 is 0. The fourth-order valence-corrected chi connectivity index (χ4v) is 6.54. The molecule has 2 unspecified atom stereocenters. The lowest BCUT2D eigenvalue weighted by Gasteiger charge is -2.22. The number of para-hydroxylation sites is 1. The summed E-state index contributed by atoms with van der Waals surface area (Å²) in [5, 5.41) is 4.37. The predicted molar refractivity (Wildman–Crippen MR) is 183 cm³/mol. The van der Waals surface area contributed by atoms with Gasteiger partial charge in [-0.15, -0.1) is 0 Å². The van der Waals surface area contributed by atoms with Crippen LogP contribution in [-0.2, 0) is 0 Å². The molecule has 0 spiro atoms. The van der Waals surface area contributed by atoms with Gasteiger partial charge in [0.25, 0.3) is 0 Å². The fourth-order valence-electron chi connectivity index (χ4n) is 6.54. The maximum absolute atomic E-state index is 6.22. The van der Waals surface area contributed by atoms with Crippen LogP contribution < -0.4 is 0 Å². The normalized spacial score (nSPS) is 17.2. The minimum absolute atomic E-state index is 0.277. The van der Waals surface area contributed by atoms with Gasteiger partial charge >= 0.3 is 0 Å². The van der Waals surface area contributed by atoms with Crippen molar-refractivity contribution in [2.45, 2.75) is 0 Å². The largest absolute Gasteiger partial charge is 0.456 e. The number of fused-ring (bicyclic) bond motifs is 5. The molecule has 0 radical (unpaired) electrons. The van der Waals surface area contributed by atoms with Crippen LogP contribution >= 0.6 is 0 Å². The van der Waals surface area contributed by atoms with Gasteiger partial charge < -0.3 is 4.42 Å². The Labute approximate surface area is 260 Å². The van der Waals surface area contributed by atoms with Crippen molar-refractivity contribution in [3.63, 3.8) is 0 Å². The Morgan fingerprint density at radius 3 is 2.11 bits per heavy atom. The van der Waals surface area contributed by atoms with Crippen molar-refractivity contribution in [1.29, 1.82) is 0 Å². The van der Waals surface area contributed by atoms with Crippen LogP contribution in [0.15, 0.2) is 156 Å². The van der Waals surface area contributed by atoms with Crippen molar-refractivity contribution < 1.29 is 4.42 Å². The Morgan fingerprint density at radius 2 is 1.22 bits per heavy atom. The maximum Gasteiger partial charge on any atom is 0.164 e. The van der Waals surface area contributed by atoms with E-state index >= 15 is 0 Å². The van der Waals surface area contributed by atoms with Crippen LogP contribution in [0.3, 0.4) is 0 Å². The van der Waals surface area contributed by atoms with E-state index in [0.29, 0.717) is 23.4 Å². The highest BCUT2D eigenvalue weighted by Crippen LogP contribution is 2.37. The van der Waals surface area contributed by atoms with Gasteiger partial charge in [-0.3, -0.25) is 0 Å². The van der Waals surface area contributed by atoms with Gasteiger partial charge in [0.15, 0.2) is 17.5 Å². The second-order valence-electron chi connectivity index (χ2n) is 11.6. The van der Waals surface area contributed by atoms with Gasteiger partial charge in [0, 0.05) is 39.3 Å². The summed E-state index contributed by atoms with van der Waals surface area (Å²) < 4.78 is 6.22. The minimum atomic E-state index is 0.277. The Hall–Kier alpha value is -5.87. The molecule has 5 aromatic carbocycles. The smallest absolute Gasteiger partial charge is 0.164 e. The standard InChI is InChI=1S/C41H27N3O/c1-2-9-26(10-3-1)29-18-19-31-25-33(22-20-30(31)23-29)40-42-39(32-21-17-27-11-4-5-12-28(27)24-32)43-41(44-40)35-14-8-16-37-38(35)34-13-6-7-15-36(34)45-37/h1-25,27-28H. The second-order valence-corrected chi connectivity index (χ2v) is 11.6. The summed E-state index contributed by atoms with van der Waals surface area (Å²) in [5.41, 5.74) is 6.93. The zero-order valence-electron chi connectivity index (χ0n) is 24.3. The SMILES string of the molecule is C1=CC2C=CC(c3nc(-c4ccc5cc(-c6ccccc6)ccc5c4)nc(-c4cccc5oc6ccccc6c45)n3)=CC2C=C1. The van der Waals surface area contributed by atoms with Crippen LogP contribution in [0.25, 0.3) is 72.2 Å². The van der Waals surface area contributed by atoms with Gasteiger partial charge in [0.2, 0.25) is 0 Å². The Morgan fingerprint density at radius 1 is 0.511 bits per heavy atom. The van der Waals surface area contributed by atoms with Crippen molar-refractivity contribution in [3.05, 3.63) is 158 Å². The molecule has 45 heavy (non-hydrogen) atoms. The third-order valence-corrected chi connectivity index (χ3v) is 8.83. The molecule has 4 nitrogen and oxygen atoms in total. The molecule has 0 saturated heterocycles. The van der Waals surface area contributed by atoms with Crippen LogP contribution in [0.5, 0.6) is 0 Å². The predicted octanol–water partition coefficient (Wildman–Crippen LogP) is 10.2. The number of allylic oxidation sites excluding steroid dienone is 8. The molecule has 0 bridgehead atoms. The van der Waals surface area contributed by atoms with Gasteiger partial charge in [-0.2, -0.15) is 0 Å². The first-order valence-corrected chi connectivity index (χ1v) is 15.3. The van der Waals surface area contributed by atoms with E-state index in [1.165, 1.54) is 16.5 Å². The Balaban J connectivity index is 1.22. The molecule has 2 aliphatic rings. The molecule has 2 aliphatic carbocycles. The molecular weight excluding hydrogens is 550 g/mol.